The lowest BCUT2D eigenvalue weighted by Gasteiger charge is -2.06. The number of carbonyl (C=O) groups is 2. The molecule has 7 nitrogen and oxygen atoms in total. The summed E-state index contributed by atoms with van der Waals surface area (Å²) in [6.45, 7) is 0.100. The third-order valence-electron chi connectivity index (χ3n) is 3.73. The normalized spacial score (nSPS) is 13.5. The summed E-state index contributed by atoms with van der Waals surface area (Å²) in [5, 5.41) is 15.3. The monoisotopic (exact) mass is 330 g/mol. The predicted octanol–water partition coefficient (Wildman–Crippen LogP) is 1.99. The molecule has 1 fully saturated rings. The second-order valence-electron chi connectivity index (χ2n) is 5.72. The molecule has 0 spiro atoms. The third kappa shape index (κ3) is 4.34. The van der Waals surface area contributed by atoms with Gasteiger partial charge in [0.1, 0.15) is 5.75 Å². The molecular formula is C17H18N2O5. The molecule has 0 atom stereocenters. The molecule has 0 saturated heterocycles. The zero-order valence-corrected chi connectivity index (χ0v) is 13.0. The highest BCUT2D eigenvalue weighted by molar-refractivity contribution is 5.91. The summed E-state index contributed by atoms with van der Waals surface area (Å²) in [5.41, 5.74) is 1.87. The van der Waals surface area contributed by atoms with Crippen molar-refractivity contribution in [2.24, 2.45) is 0 Å². The van der Waals surface area contributed by atoms with Gasteiger partial charge in [-0.1, -0.05) is 17.3 Å². The Balaban J connectivity index is 1.43. The fraction of sp³-hybridized carbons (Fsp3) is 0.353. The van der Waals surface area contributed by atoms with Crippen molar-refractivity contribution >= 4 is 11.9 Å². The summed E-state index contributed by atoms with van der Waals surface area (Å²) in [5.74, 6) is -0.0826. The highest BCUT2D eigenvalue weighted by Gasteiger charge is 2.28. The van der Waals surface area contributed by atoms with E-state index in [0.29, 0.717) is 24.6 Å². The second-order valence-corrected chi connectivity index (χ2v) is 5.72. The lowest BCUT2D eigenvalue weighted by Crippen LogP contribution is -2.25. The molecule has 1 amide bonds. The van der Waals surface area contributed by atoms with Gasteiger partial charge in [-0.15, -0.1) is 0 Å². The number of amides is 1. The van der Waals surface area contributed by atoms with Crippen LogP contribution in [-0.2, 0) is 11.2 Å². The van der Waals surface area contributed by atoms with Gasteiger partial charge in [-0.3, -0.25) is 4.79 Å². The third-order valence-corrected chi connectivity index (χ3v) is 3.73. The molecule has 1 heterocycles. The summed E-state index contributed by atoms with van der Waals surface area (Å²) in [4.78, 5) is 22.4. The highest BCUT2D eigenvalue weighted by atomic mass is 16.5. The molecule has 1 saturated carbocycles. The van der Waals surface area contributed by atoms with Gasteiger partial charge in [-0.25, -0.2) is 4.79 Å². The number of carboxylic acids is 1. The van der Waals surface area contributed by atoms with E-state index in [-0.39, 0.29) is 18.3 Å². The first-order chi connectivity index (χ1) is 11.6. The minimum atomic E-state index is -1.01. The molecule has 2 N–H and O–H groups in total. The van der Waals surface area contributed by atoms with Crippen LogP contribution in [0.2, 0.25) is 0 Å². The van der Waals surface area contributed by atoms with Crippen molar-refractivity contribution < 1.29 is 24.0 Å². The molecule has 1 aliphatic carbocycles. The molecule has 1 aromatic carbocycles. The summed E-state index contributed by atoms with van der Waals surface area (Å²) in [6, 6.07) is 8.80. The zero-order chi connectivity index (χ0) is 16.9. The van der Waals surface area contributed by atoms with Gasteiger partial charge in [0.15, 0.2) is 6.61 Å². The molecule has 7 heteroatoms. The van der Waals surface area contributed by atoms with E-state index in [2.05, 4.69) is 10.5 Å². The number of benzene rings is 1. The van der Waals surface area contributed by atoms with Crippen LogP contribution in [0.3, 0.4) is 0 Å². The Hall–Kier alpha value is -2.83. The summed E-state index contributed by atoms with van der Waals surface area (Å²) >= 11 is 0. The summed E-state index contributed by atoms with van der Waals surface area (Å²) < 4.78 is 10.1. The number of hydrogen-bond donors (Lipinski definition) is 2. The van der Waals surface area contributed by atoms with Crippen LogP contribution in [0.15, 0.2) is 34.9 Å². The number of hydrogen-bond acceptors (Lipinski definition) is 5. The first-order valence-corrected chi connectivity index (χ1v) is 7.80. The average molecular weight is 330 g/mol. The predicted molar refractivity (Wildman–Crippen MR) is 84.1 cm³/mol. The maximum absolute atomic E-state index is 12.0. The van der Waals surface area contributed by atoms with E-state index >= 15 is 0 Å². The van der Waals surface area contributed by atoms with Crippen LogP contribution in [0, 0.1) is 0 Å². The lowest BCUT2D eigenvalue weighted by molar-refractivity contribution is -0.139. The van der Waals surface area contributed by atoms with Gasteiger partial charge in [0.2, 0.25) is 5.76 Å². The van der Waals surface area contributed by atoms with E-state index in [1.165, 1.54) is 0 Å². The quantitative estimate of drug-likeness (QED) is 0.767. The molecule has 0 radical (unpaired) electrons. The minimum absolute atomic E-state index is 0.245. The van der Waals surface area contributed by atoms with Gasteiger partial charge >= 0.3 is 5.97 Å². The van der Waals surface area contributed by atoms with Crippen molar-refractivity contribution in [2.45, 2.75) is 25.2 Å². The number of aliphatic carboxylic acids is 1. The van der Waals surface area contributed by atoms with Crippen LogP contribution in [0.25, 0.3) is 0 Å². The van der Waals surface area contributed by atoms with Gasteiger partial charge < -0.3 is 19.7 Å². The van der Waals surface area contributed by atoms with E-state index < -0.39 is 5.97 Å². The minimum Gasteiger partial charge on any atom is -0.482 e. The highest BCUT2D eigenvalue weighted by Crippen LogP contribution is 2.39. The molecular weight excluding hydrogens is 312 g/mol. The number of aromatic nitrogens is 1. The van der Waals surface area contributed by atoms with E-state index in [1.807, 2.05) is 12.1 Å². The molecule has 1 aliphatic rings. The molecule has 0 bridgehead atoms. The zero-order valence-electron chi connectivity index (χ0n) is 13.0. The first kappa shape index (κ1) is 16.0. The van der Waals surface area contributed by atoms with E-state index in [9.17, 15) is 9.59 Å². The van der Waals surface area contributed by atoms with Crippen molar-refractivity contribution in [3.63, 3.8) is 0 Å². The summed E-state index contributed by atoms with van der Waals surface area (Å²) in [6.07, 6.45) is 2.87. The number of rotatable bonds is 8. The van der Waals surface area contributed by atoms with Crippen LogP contribution in [0.4, 0.5) is 0 Å². The summed E-state index contributed by atoms with van der Waals surface area (Å²) in [7, 11) is 0. The molecule has 1 aromatic heterocycles. The van der Waals surface area contributed by atoms with Gasteiger partial charge in [-0.05, 0) is 37.0 Å². The Morgan fingerprint density at radius 1 is 1.29 bits per heavy atom. The number of nitrogens with one attached hydrogen (secondary N) is 1. The van der Waals surface area contributed by atoms with Crippen LogP contribution < -0.4 is 10.1 Å². The van der Waals surface area contributed by atoms with E-state index in [4.69, 9.17) is 14.4 Å². The maximum Gasteiger partial charge on any atom is 0.341 e. The van der Waals surface area contributed by atoms with Crippen molar-refractivity contribution in [3.8, 4) is 5.75 Å². The Kier molecular flexibility index (Phi) is 4.79. The van der Waals surface area contributed by atoms with Gasteiger partial charge in [0, 0.05) is 18.5 Å². The number of nitrogens with zero attached hydrogens (tertiary/aromatic N) is 1. The van der Waals surface area contributed by atoms with Crippen LogP contribution in [0.1, 0.15) is 40.6 Å². The van der Waals surface area contributed by atoms with Crippen molar-refractivity contribution in [1.82, 2.24) is 10.5 Å². The molecule has 0 aliphatic heterocycles. The number of carbonyl (C=O) groups excluding carboxylic acids is 1. The molecule has 3 rings (SSSR count). The van der Waals surface area contributed by atoms with Crippen molar-refractivity contribution in [3.05, 3.63) is 47.3 Å². The van der Waals surface area contributed by atoms with Gasteiger partial charge in [0.05, 0.1) is 5.69 Å². The maximum atomic E-state index is 12.0. The van der Waals surface area contributed by atoms with Crippen molar-refractivity contribution in [1.29, 1.82) is 0 Å². The number of ether oxygens (including phenoxy) is 1. The molecule has 126 valence electrons. The SMILES string of the molecule is O=C(O)COc1ccc(CCNC(=O)c2cc(C3CC3)no2)cc1. The Labute approximate surface area is 138 Å². The van der Waals surface area contributed by atoms with Crippen LogP contribution in [-0.4, -0.2) is 35.3 Å². The van der Waals surface area contributed by atoms with Gasteiger partial charge in [0.25, 0.3) is 5.91 Å². The molecule has 24 heavy (non-hydrogen) atoms. The molecule has 2 aromatic rings. The van der Waals surface area contributed by atoms with Crippen LogP contribution >= 0.6 is 0 Å². The average Bonchev–Trinajstić information content (AvgIpc) is 3.31. The molecule has 0 unspecified atom stereocenters. The fourth-order valence-electron chi connectivity index (χ4n) is 2.27. The fourth-order valence-corrected chi connectivity index (χ4v) is 2.27. The second kappa shape index (κ2) is 7.16. The Morgan fingerprint density at radius 3 is 2.71 bits per heavy atom. The van der Waals surface area contributed by atoms with E-state index in [0.717, 1.165) is 24.1 Å². The standard InChI is InChI=1S/C17H18N2O5/c20-16(21)10-23-13-5-1-11(2-6-13)7-8-18-17(22)15-9-14(19-24-15)12-3-4-12/h1-2,5-6,9,12H,3-4,7-8,10H2,(H,18,22)(H,20,21). The number of carboxylic acid groups (broad SMARTS) is 1. The first-order valence-electron chi connectivity index (χ1n) is 7.80. The lowest BCUT2D eigenvalue weighted by atomic mass is 10.1. The largest absolute Gasteiger partial charge is 0.482 e. The smallest absolute Gasteiger partial charge is 0.341 e. The Morgan fingerprint density at radius 2 is 2.04 bits per heavy atom. The van der Waals surface area contributed by atoms with E-state index in [1.54, 1.807) is 18.2 Å². The van der Waals surface area contributed by atoms with Crippen LogP contribution in [0.5, 0.6) is 5.75 Å². The Bertz CT molecular complexity index is 719. The topological polar surface area (TPSA) is 102 Å². The van der Waals surface area contributed by atoms with Gasteiger partial charge in [-0.2, -0.15) is 0 Å². The van der Waals surface area contributed by atoms with Crippen molar-refractivity contribution in [2.75, 3.05) is 13.2 Å².